The van der Waals surface area contributed by atoms with E-state index in [1.807, 2.05) is 0 Å². The van der Waals surface area contributed by atoms with E-state index in [0.29, 0.717) is 0 Å². The van der Waals surface area contributed by atoms with Gasteiger partial charge in [0.2, 0.25) is 17.7 Å². The van der Waals surface area contributed by atoms with E-state index >= 15 is 0 Å². The number of aliphatic carboxylic acids is 5. The maximum absolute atomic E-state index is 12.3. The van der Waals surface area contributed by atoms with Gasteiger partial charge >= 0.3 is 0 Å². The predicted molar refractivity (Wildman–Crippen MR) is 87.3 cm³/mol. The lowest BCUT2D eigenvalue weighted by atomic mass is 10.1. The molecule has 0 spiro atoms. The summed E-state index contributed by atoms with van der Waals surface area (Å²) in [4.78, 5) is 90.1. The number of hydrogen-bond donors (Lipinski definition) is 4. The fourth-order valence-corrected chi connectivity index (χ4v) is 2.21. The monoisotopic (exact) mass is 473 g/mol. The zero-order valence-electron chi connectivity index (χ0n) is 16.5. The molecule has 0 aromatic carbocycles. The summed E-state index contributed by atoms with van der Waals surface area (Å²) in [6.45, 7) is 0. The van der Waals surface area contributed by atoms with Gasteiger partial charge in [0.25, 0.3) is 0 Å². The standard InChI is InChI=1S/C16H22N4O13/c17-5(1-9(21)22)13(29)18-6(2-10(23)24)14(30)19-7(3-11(25)26)15(31)20-8(16(32)33)4-12(27)28/h5-8H,1-4,17H2,(H,18,29)(H,19,30)(H,20,31)(H,21,22)(H,23,24)(H,25,26)(H,27,28)(H,32,33)/p-5. The van der Waals surface area contributed by atoms with Gasteiger partial charge in [-0.05, 0) is 0 Å². The highest BCUT2D eigenvalue weighted by Crippen LogP contribution is 2.01. The van der Waals surface area contributed by atoms with E-state index in [1.54, 1.807) is 16.0 Å². The van der Waals surface area contributed by atoms with E-state index in [0.717, 1.165) is 0 Å². The first kappa shape index (κ1) is 28.7. The molecule has 17 heteroatoms. The van der Waals surface area contributed by atoms with Crippen LogP contribution in [0.4, 0.5) is 0 Å². The molecule has 0 bridgehead atoms. The molecule has 0 saturated carbocycles. The van der Waals surface area contributed by atoms with Crippen LogP contribution in [0.3, 0.4) is 0 Å². The molecule has 0 radical (unpaired) electrons. The average molecular weight is 473 g/mol. The Morgan fingerprint density at radius 3 is 1.15 bits per heavy atom. The quantitative estimate of drug-likeness (QED) is 0.171. The fourth-order valence-electron chi connectivity index (χ4n) is 2.21. The Labute approximate surface area is 183 Å². The summed E-state index contributed by atoms with van der Waals surface area (Å²) in [5, 5.41) is 58.8. The highest BCUT2D eigenvalue weighted by Gasteiger charge is 2.29. The van der Waals surface area contributed by atoms with Crippen LogP contribution >= 0.6 is 0 Å². The predicted octanol–water partition coefficient (Wildman–Crippen LogP) is -10.9. The van der Waals surface area contributed by atoms with Gasteiger partial charge in [-0.15, -0.1) is 0 Å². The van der Waals surface area contributed by atoms with Crippen LogP contribution in [-0.2, 0) is 38.4 Å². The van der Waals surface area contributed by atoms with Crippen LogP contribution < -0.4 is 47.2 Å². The summed E-state index contributed by atoms with van der Waals surface area (Å²) in [7, 11) is 0. The van der Waals surface area contributed by atoms with Crippen LogP contribution in [0.25, 0.3) is 0 Å². The molecule has 0 aliphatic heterocycles. The van der Waals surface area contributed by atoms with Crippen molar-refractivity contribution in [2.75, 3.05) is 0 Å². The molecule has 0 saturated heterocycles. The minimum atomic E-state index is -2.19. The molecule has 0 fully saturated rings. The number of amides is 3. The van der Waals surface area contributed by atoms with Crippen LogP contribution in [-0.4, -0.2) is 71.7 Å². The molecular weight excluding hydrogens is 456 g/mol. The van der Waals surface area contributed by atoms with Gasteiger partial charge in [0.15, 0.2) is 0 Å². The molecule has 4 atom stereocenters. The van der Waals surface area contributed by atoms with Crippen LogP contribution in [0, 0.1) is 0 Å². The summed E-state index contributed by atoms with van der Waals surface area (Å²) in [5.41, 5.74) is 5.24. The Hall–Kier alpha value is -4.28. The maximum Gasteiger partial charge on any atom is 0.243 e. The third-order valence-electron chi connectivity index (χ3n) is 3.70. The van der Waals surface area contributed by atoms with Gasteiger partial charge in [-0.1, -0.05) is 0 Å². The number of nitrogens with one attached hydrogen (secondary N) is 3. The van der Waals surface area contributed by atoms with Crippen LogP contribution in [0.5, 0.6) is 0 Å². The van der Waals surface area contributed by atoms with Crippen molar-refractivity contribution in [1.82, 2.24) is 16.0 Å². The number of hydrogen-bond acceptors (Lipinski definition) is 14. The molecular formula is C16H17N4O13-5. The number of rotatable bonds is 15. The Bertz CT molecular complexity index is 827. The minimum Gasteiger partial charge on any atom is -0.550 e. The van der Waals surface area contributed by atoms with Crippen LogP contribution in [0.15, 0.2) is 0 Å². The first-order valence-corrected chi connectivity index (χ1v) is 8.80. The first-order valence-electron chi connectivity index (χ1n) is 8.80. The molecule has 3 amide bonds. The van der Waals surface area contributed by atoms with Crippen molar-refractivity contribution in [2.45, 2.75) is 49.9 Å². The van der Waals surface area contributed by atoms with Gasteiger partial charge in [0, 0.05) is 49.6 Å². The van der Waals surface area contributed by atoms with Crippen molar-refractivity contribution in [3.05, 3.63) is 0 Å². The molecule has 0 heterocycles. The van der Waals surface area contributed by atoms with Crippen LogP contribution in [0.1, 0.15) is 25.7 Å². The van der Waals surface area contributed by atoms with Crippen molar-refractivity contribution >= 4 is 47.6 Å². The second kappa shape index (κ2) is 13.2. The van der Waals surface area contributed by atoms with E-state index < -0.39 is 97.4 Å². The zero-order chi connectivity index (χ0) is 25.9. The number of carboxylic acid groups (broad SMARTS) is 5. The second-order valence-electron chi connectivity index (χ2n) is 6.41. The molecule has 0 aromatic rings. The molecule has 5 N–H and O–H groups in total. The van der Waals surface area contributed by atoms with Gasteiger partial charge in [-0.3, -0.25) is 14.4 Å². The van der Waals surface area contributed by atoms with E-state index in [-0.39, 0.29) is 0 Å². The van der Waals surface area contributed by atoms with E-state index in [4.69, 9.17) is 5.73 Å². The first-order chi connectivity index (χ1) is 15.1. The molecule has 0 aromatic heterocycles. The number of carboxylic acids is 5. The molecule has 0 aliphatic carbocycles. The van der Waals surface area contributed by atoms with E-state index in [9.17, 15) is 63.9 Å². The SMILES string of the molecule is NC(CC(=O)[O-])C(=O)NC(CC(=O)[O-])C(=O)NC(CC(=O)[O-])C(=O)NC(CC(=O)[O-])C(=O)[O-]. The third kappa shape index (κ3) is 11.6. The van der Waals surface area contributed by atoms with Gasteiger partial charge in [-0.25, -0.2) is 0 Å². The average Bonchev–Trinajstić information content (AvgIpc) is 2.64. The topological polar surface area (TPSA) is 314 Å². The van der Waals surface area contributed by atoms with Crippen molar-refractivity contribution < 1.29 is 63.9 Å². The molecule has 184 valence electrons. The van der Waals surface area contributed by atoms with Crippen molar-refractivity contribution in [3.8, 4) is 0 Å². The Morgan fingerprint density at radius 2 is 0.818 bits per heavy atom. The Balaban J connectivity index is 5.58. The molecule has 0 rings (SSSR count). The fraction of sp³-hybridized carbons (Fsp3) is 0.500. The summed E-state index contributed by atoms with van der Waals surface area (Å²) in [6, 6.07) is -8.15. The normalized spacial score (nSPS) is 14.0. The zero-order valence-corrected chi connectivity index (χ0v) is 16.5. The lowest BCUT2D eigenvalue weighted by Crippen LogP contribution is -2.60. The summed E-state index contributed by atoms with van der Waals surface area (Å²) < 4.78 is 0. The van der Waals surface area contributed by atoms with Gasteiger partial charge in [-0.2, -0.15) is 0 Å². The summed E-state index contributed by atoms with van der Waals surface area (Å²) >= 11 is 0. The van der Waals surface area contributed by atoms with Crippen molar-refractivity contribution in [2.24, 2.45) is 5.73 Å². The Kier molecular flexibility index (Phi) is 11.5. The van der Waals surface area contributed by atoms with E-state index in [1.165, 1.54) is 0 Å². The number of carbonyl (C=O) groups excluding carboxylic acids is 8. The third-order valence-corrected chi connectivity index (χ3v) is 3.70. The van der Waals surface area contributed by atoms with Gasteiger partial charge < -0.3 is 71.2 Å². The molecule has 4 unspecified atom stereocenters. The largest absolute Gasteiger partial charge is 0.550 e. The lowest BCUT2D eigenvalue weighted by Gasteiger charge is -2.27. The van der Waals surface area contributed by atoms with E-state index in [2.05, 4.69) is 0 Å². The highest BCUT2D eigenvalue weighted by atomic mass is 16.4. The minimum absolute atomic E-state index is 1.01. The second-order valence-corrected chi connectivity index (χ2v) is 6.41. The smallest absolute Gasteiger partial charge is 0.243 e. The molecule has 0 aliphatic rings. The van der Waals surface area contributed by atoms with Crippen molar-refractivity contribution in [1.29, 1.82) is 0 Å². The van der Waals surface area contributed by atoms with Gasteiger partial charge in [0.05, 0.1) is 18.1 Å². The van der Waals surface area contributed by atoms with Crippen LogP contribution in [0.2, 0.25) is 0 Å². The van der Waals surface area contributed by atoms with Crippen molar-refractivity contribution in [3.63, 3.8) is 0 Å². The highest BCUT2D eigenvalue weighted by molar-refractivity contribution is 5.97. The molecule has 33 heavy (non-hydrogen) atoms. The maximum atomic E-state index is 12.3. The molecule has 17 nitrogen and oxygen atoms in total. The Morgan fingerprint density at radius 1 is 0.515 bits per heavy atom. The summed E-state index contributed by atoms with van der Waals surface area (Å²) in [5.74, 6) is -14.0. The lowest BCUT2D eigenvalue weighted by molar-refractivity contribution is -0.317. The number of nitrogens with two attached hydrogens (primary N) is 1. The number of carbonyl (C=O) groups is 8. The summed E-state index contributed by atoms with van der Waals surface area (Å²) in [6.07, 6.45) is -4.81. The van der Waals surface area contributed by atoms with Gasteiger partial charge in [0.1, 0.15) is 12.1 Å².